The summed E-state index contributed by atoms with van der Waals surface area (Å²) in [6.07, 6.45) is 3.05. The van der Waals surface area contributed by atoms with E-state index in [1.54, 1.807) is 18.4 Å². The van der Waals surface area contributed by atoms with E-state index in [1.165, 1.54) is 4.88 Å². The van der Waals surface area contributed by atoms with Crippen LogP contribution in [0.3, 0.4) is 0 Å². The summed E-state index contributed by atoms with van der Waals surface area (Å²) < 4.78 is 5.20. The van der Waals surface area contributed by atoms with Crippen molar-refractivity contribution in [2.24, 2.45) is 11.3 Å². The number of hydrogen-bond acceptors (Lipinski definition) is 4. The van der Waals surface area contributed by atoms with Gasteiger partial charge in [-0.3, -0.25) is 9.59 Å². The molecule has 0 fully saturated rings. The van der Waals surface area contributed by atoms with E-state index in [0.717, 1.165) is 47.4 Å². The Morgan fingerprint density at radius 3 is 2.34 bits per heavy atom. The standard InChI is InChI=1S/C29H34N2O3S/c1-18-6-11-21(12-7-18)30-27(33)26-23-15-10-20(29(2,3)4)17-24(23)35-28(26)31-25(32)16-19-8-13-22(34-5)14-9-19/h6-9,11-14,20H,10,15-17H2,1-5H3,(H,30,33)(H,31,32). The molecule has 184 valence electrons. The second kappa shape index (κ2) is 10.2. The highest BCUT2D eigenvalue weighted by atomic mass is 32.1. The third-order valence-electron chi connectivity index (χ3n) is 6.80. The number of hydrogen-bond donors (Lipinski definition) is 2. The quantitative estimate of drug-likeness (QED) is 0.406. The van der Waals surface area contributed by atoms with Crippen LogP contribution < -0.4 is 15.4 Å². The molecule has 1 heterocycles. The summed E-state index contributed by atoms with van der Waals surface area (Å²) in [4.78, 5) is 27.7. The van der Waals surface area contributed by atoms with E-state index in [4.69, 9.17) is 4.74 Å². The van der Waals surface area contributed by atoms with Crippen LogP contribution in [0, 0.1) is 18.3 Å². The molecule has 1 aliphatic carbocycles. The normalized spacial score (nSPS) is 15.3. The fourth-order valence-corrected chi connectivity index (χ4v) is 5.92. The molecule has 0 saturated heterocycles. The van der Waals surface area contributed by atoms with Gasteiger partial charge in [-0.2, -0.15) is 0 Å². The lowest BCUT2D eigenvalue weighted by Gasteiger charge is -2.33. The highest BCUT2D eigenvalue weighted by Crippen LogP contribution is 2.44. The average molecular weight is 491 g/mol. The topological polar surface area (TPSA) is 67.4 Å². The van der Waals surface area contributed by atoms with Crippen LogP contribution in [0.5, 0.6) is 5.75 Å². The van der Waals surface area contributed by atoms with Crippen molar-refractivity contribution in [2.75, 3.05) is 17.7 Å². The number of thiophene rings is 1. The minimum atomic E-state index is -0.166. The van der Waals surface area contributed by atoms with Crippen LogP contribution in [0.4, 0.5) is 10.7 Å². The van der Waals surface area contributed by atoms with Crippen molar-refractivity contribution in [3.05, 3.63) is 75.7 Å². The number of nitrogens with one attached hydrogen (secondary N) is 2. The number of ether oxygens (including phenoxy) is 1. The van der Waals surface area contributed by atoms with Gasteiger partial charge in [0.15, 0.2) is 0 Å². The Morgan fingerprint density at radius 2 is 1.71 bits per heavy atom. The van der Waals surface area contributed by atoms with E-state index in [9.17, 15) is 9.59 Å². The highest BCUT2D eigenvalue weighted by molar-refractivity contribution is 7.17. The molecule has 0 spiro atoms. The van der Waals surface area contributed by atoms with E-state index in [1.807, 2.05) is 55.5 Å². The first-order chi connectivity index (χ1) is 16.6. The molecule has 0 saturated carbocycles. The largest absolute Gasteiger partial charge is 0.497 e. The first-order valence-electron chi connectivity index (χ1n) is 12.1. The second-order valence-corrected chi connectivity index (χ2v) is 11.5. The molecule has 1 atom stereocenters. The molecule has 2 aromatic carbocycles. The number of aryl methyl sites for hydroxylation is 1. The van der Waals surface area contributed by atoms with Gasteiger partial charge in [0.1, 0.15) is 10.8 Å². The van der Waals surface area contributed by atoms with Gasteiger partial charge >= 0.3 is 0 Å². The van der Waals surface area contributed by atoms with Gasteiger partial charge < -0.3 is 15.4 Å². The lowest BCUT2D eigenvalue weighted by atomic mass is 9.72. The Hall–Kier alpha value is -3.12. The Morgan fingerprint density at radius 1 is 1.03 bits per heavy atom. The van der Waals surface area contributed by atoms with Gasteiger partial charge in [0.25, 0.3) is 5.91 Å². The zero-order valence-electron chi connectivity index (χ0n) is 21.2. The van der Waals surface area contributed by atoms with Crippen LogP contribution in [0.1, 0.15) is 59.1 Å². The smallest absolute Gasteiger partial charge is 0.258 e. The SMILES string of the molecule is COc1ccc(CC(=O)Nc2sc3c(c2C(=O)Nc2ccc(C)cc2)CCC(C(C)(C)C)C3)cc1. The van der Waals surface area contributed by atoms with Crippen LogP contribution in [0.2, 0.25) is 0 Å². The minimum Gasteiger partial charge on any atom is -0.497 e. The molecule has 2 amide bonds. The molecule has 0 radical (unpaired) electrons. The lowest BCUT2D eigenvalue weighted by molar-refractivity contribution is -0.115. The van der Waals surface area contributed by atoms with E-state index in [2.05, 4.69) is 31.4 Å². The number of carbonyl (C=O) groups excluding carboxylic acids is 2. The molecule has 3 aromatic rings. The number of amides is 2. The van der Waals surface area contributed by atoms with Crippen LogP contribution in [0.15, 0.2) is 48.5 Å². The fraction of sp³-hybridized carbons (Fsp3) is 0.379. The van der Waals surface area contributed by atoms with Crippen molar-refractivity contribution in [1.82, 2.24) is 0 Å². The third kappa shape index (κ3) is 5.93. The molecule has 5 nitrogen and oxygen atoms in total. The van der Waals surface area contributed by atoms with Crippen LogP contribution >= 0.6 is 11.3 Å². The molecule has 1 aliphatic rings. The summed E-state index contributed by atoms with van der Waals surface area (Å²) in [5.74, 6) is 0.999. The molecule has 6 heteroatoms. The molecule has 35 heavy (non-hydrogen) atoms. The summed E-state index contributed by atoms with van der Waals surface area (Å²) in [7, 11) is 1.62. The fourth-order valence-electron chi connectivity index (χ4n) is 4.58. The van der Waals surface area contributed by atoms with Gasteiger partial charge in [-0.05, 0) is 72.9 Å². The molecule has 1 aromatic heterocycles. The van der Waals surface area contributed by atoms with E-state index in [0.29, 0.717) is 16.5 Å². The van der Waals surface area contributed by atoms with E-state index in [-0.39, 0.29) is 23.7 Å². The number of anilines is 2. The van der Waals surface area contributed by atoms with Crippen molar-refractivity contribution in [2.45, 2.75) is 53.4 Å². The van der Waals surface area contributed by atoms with Gasteiger partial charge in [-0.15, -0.1) is 11.3 Å². The van der Waals surface area contributed by atoms with Gasteiger partial charge in [-0.1, -0.05) is 50.6 Å². The molecule has 4 rings (SSSR count). The average Bonchev–Trinajstić information content (AvgIpc) is 3.17. The summed E-state index contributed by atoms with van der Waals surface area (Å²) in [6, 6.07) is 15.2. The summed E-state index contributed by atoms with van der Waals surface area (Å²) in [5.41, 5.74) is 4.67. The molecule has 0 aliphatic heterocycles. The van der Waals surface area contributed by atoms with Gasteiger partial charge in [-0.25, -0.2) is 0 Å². The van der Waals surface area contributed by atoms with Gasteiger partial charge in [0, 0.05) is 10.6 Å². The maximum absolute atomic E-state index is 13.5. The van der Waals surface area contributed by atoms with Gasteiger partial charge in [0.05, 0.1) is 19.1 Å². The Bertz CT molecular complexity index is 1200. The summed E-state index contributed by atoms with van der Waals surface area (Å²) in [5, 5.41) is 6.75. The molecular weight excluding hydrogens is 456 g/mol. The zero-order valence-corrected chi connectivity index (χ0v) is 22.0. The number of methoxy groups -OCH3 is 1. The molecule has 2 N–H and O–H groups in total. The minimum absolute atomic E-state index is 0.134. The van der Waals surface area contributed by atoms with Gasteiger partial charge in [0.2, 0.25) is 5.91 Å². The number of carbonyl (C=O) groups is 2. The number of benzene rings is 2. The predicted octanol–water partition coefficient (Wildman–Crippen LogP) is 6.65. The van der Waals surface area contributed by atoms with E-state index < -0.39 is 0 Å². The Kier molecular flexibility index (Phi) is 7.31. The first-order valence-corrected chi connectivity index (χ1v) is 12.9. The molecular formula is C29H34N2O3S. The second-order valence-electron chi connectivity index (χ2n) is 10.4. The van der Waals surface area contributed by atoms with Crippen molar-refractivity contribution in [3.63, 3.8) is 0 Å². The van der Waals surface area contributed by atoms with Crippen molar-refractivity contribution < 1.29 is 14.3 Å². The number of rotatable bonds is 6. The summed E-state index contributed by atoms with van der Waals surface area (Å²) >= 11 is 1.56. The van der Waals surface area contributed by atoms with Crippen molar-refractivity contribution in [3.8, 4) is 5.75 Å². The maximum atomic E-state index is 13.5. The van der Waals surface area contributed by atoms with Crippen molar-refractivity contribution in [1.29, 1.82) is 0 Å². The monoisotopic (exact) mass is 490 g/mol. The highest BCUT2D eigenvalue weighted by Gasteiger charge is 2.34. The predicted molar refractivity (Wildman–Crippen MR) is 144 cm³/mol. The van der Waals surface area contributed by atoms with Crippen LogP contribution in [0.25, 0.3) is 0 Å². The van der Waals surface area contributed by atoms with Crippen molar-refractivity contribution >= 4 is 33.8 Å². The molecule has 0 bridgehead atoms. The first kappa shape index (κ1) is 25.0. The molecule has 1 unspecified atom stereocenters. The van der Waals surface area contributed by atoms with E-state index >= 15 is 0 Å². The van der Waals surface area contributed by atoms with Crippen LogP contribution in [-0.4, -0.2) is 18.9 Å². The Balaban J connectivity index is 1.60. The number of fused-ring (bicyclic) bond motifs is 1. The lowest BCUT2D eigenvalue weighted by Crippen LogP contribution is -2.27. The third-order valence-corrected chi connectivity index (χ3v) is 7.97. The Labute approximate surface area is 211 Å². The summed E-state index contributed by atoms with van der Waals surface area (Å²) in [6.45, 7) is 8.85. The zero-order chi connectivity index (χ0) is 25.2. The maximum Gasteiger partial charge on any atom is 0.258 e. The van der Waals surface area contributed by atoms with Crippen LogP contribution in [-0.2, 0) is 24.1 Å².